The number of nitrogens with two attached hydrogens (primary N) is 1. The summed E-state index contributed by atoms with van der Waals surface area (Å²) >= 11 is 0. The maximum Gasteiger partial charge on any atom is 0.237 e. The van der Waals surface area contributed by atoms with Crippen LogP contribution in [0.4, 0.5) is 0 Å². The molecule has 1 rings (SSSR count). The van der Waals surface area contributed by atoms with E-state index in [1.165, 1.54) is 0 Å². The quantitative estimate of drug-likeness (QED) is 0.744. The first-order valence-electron chi connectivity index (χ1n) is 6.34. The van der Waals surface area contributed by atoms with Crippen molar-refractivity contribution in [3.8, 4) is 0 Å². The molecule has 1 aliphatic rings. The van der Waals surface area contributed by atoms with Crippen LogP contribution in [0.25, 0.3) is 0 Å². The molecular weight excluding hydrogens is 202 g/mol. The Labute approximate surface area is 98.6 Å². The molecule has 3 N–H and O–H groups in total. The molecule has 0 spiro atoms. The molecule has 3 atom stereocenters. The smallest absolute Gasteiger partial charge is 0.237 e. The van der Waals surface area contributed by atoms with Crippen LogP contribution in [-0.4, -0.2) is 42.0 Å². The topological polar surface area (TPSA) is 58.4 Å². The molecule has 1 amide bonds. The summed E-state index contributed by atoms with van der Waals surface area (Å²) in [5.74, 6) is 0.128. The summed E-state index contributed by atoms with van der Waals surface area (Å²) in [7, 11) is 0. The number of nitrogens with one attached hydrogen (secondary N) is 1. The van der Waals surface area contributed by atoms with Gasteiger partial charge in [-0.15, -0.1) is 0 Å². The maximum absolute atomic E-state index is 11.9. The Balaban J connectivity index is 2.43. The Hall–Kier alpha value is -0.610. The van der Waals surface area contributed by atoms with Crippen molar-refractivity contribution in [3.63, 3.8) is 0 Å². The highest BCUT2D eigenvalue weighted by molar-refractivity contribution is 5.81. The predicted molar refractivity (Wildman–Crippen MR) is 66.1 cm³/mol. The van der Waals surface area contributed by atoms with Gasteiger partial charge in [-0.1, -0.05) is 6.92 Å². The number of carbonyl (C=O) groups excluding carboxylic acids is 1. The highest BCUT2D eigenvalue weighted by atomic mass is 16.2. The predicted octanol–water partition coefficient (Wildman–Crippen LogP) is 0.713. The van der Waals surface area contributed by atoms with Gasteiger partial charge in [0.05, 0.1) is 6.04 Å². The minimum absolute atomic E-state index is 0.0552. The van der Waals surface area contributed by atoms with Crippen LogP contribution >= 0.6 is 0 Å². The molecule has 3 unspecified atom stereocenters. The number of nitrogens with zero attached hydrogens (tertiary/aromatic N) is 1. The Kier molecular flexibility index (Phi) is 5.22. The first-order chi connectivity index (χ1) is 7.54. The summed E-state index contributed by atoms with van der Waals surface area (Å²) in [5, 5.41) is 3.02. The van der Waals surface area contributed by atoms with Crippen LogP contribution in [0.15, 0.2) is 0 Å². The summed E-state index contributed by atoms with van der Waals surface area (Å²) in [5.41, 5.74) is 5.92. The molecule has 1 aliphatic heterocycles. The molecule has 94 valence electrons. The second-order valence-electron chi connectivity index (χ2n) is 4.89. The summed E-state index contributed by atoms with van der Waals surface area (Å²) in [6.07, 6.45) is 3.15. The van der Waals surface area contributed by atoms with Crippen molar-refractivity contribution in [2.75, 3.05) is 13.1 Å². The lowest BCUT2D eigenvalue weighted by atomic mass is 10.0. The molecule has 4 heteroatoms. The Morgan fingerprint density at radius 2 is 2.25 bits per heavy atom. The summed E-state index contributed by atoms with van der Waals surface area (Å²) in [6.45, 7) is 7.91. The first kappa shape index (κ1) is 13.5. The number of rotatable bonds is 4. The SMILES string of the molecule is CCC(C)NC(=O)C(C)N1CCCC(N)C1. The minimum Gasteiger partial charge on any atom is -0.352 e. The lowest BCUT2D eigenvalue weighted by molar-refractivity contribution is -0.126. The lowest BCUT2D eigenvalue weighted by Gasteiger charge is -2.35. The molecule has 0 radical (unpaired) electrons. The van der Waals surface area contributed by atoms with E-state index in [-0.39, 0.29) is 24.0 Å². The number of hydrogen-bond acceptors (Lipinski definition) is 3. The van der Waals surface area contributed by atoms with E-state index in [1.54, 1.807) is 0 Å². The number of amides is 1. The van der Waals surface area contributed by atoms with E-state index < -0.39 is 0 Å². The molecule has 0 aromatic carbocycles. The van der Waals surface area contributed by atoms with Crippen LogP contribution in [0.5, 0.6) is 0 Å². The summed E-state index contributed by atoms with van der Waals surface area (Å²) in [4.78, 5) is 14.1. The zero-order chi connectivity index (χ0) is 12.1. The van der Waals surface area contributed by atoms with Gasteiger partial charge in [-0.3, -0.25) is 9.69 Å². The average Bonchev–Trinajstić information content (AvgIpc) is 2.27. The number of carbonyl (C=O) groups is 1. The van der Waals surface area contributed by atoms with Crippen LogP contribution in [0.2, 0.25) is 0 Å². The van der Waals surface area contributed by atoms with Gasteiger partial charge in [0.1, 0.15) is 0 Å². The second-order valence-corrected chi connectivity index (χ2v) is 4.89. The summed E-state index contributed by atoms with van der Waals surface area (Å²) < 4.78 is 0. The van der Waals surface area contributed by atoms with Crippen LogP contribution in [0.3, 0.4) is 0 Å². The van der Waals surface area contributed by atoms with Crippen LogP contribution in [-0.2, 0) is 4.79 Å². The average molecular weight is 227 g/mol. The van der Waals surface area contributed by atoms with Gasteiger partial charge in [0.25, 0.3) is 0 Å². The third-order valence-corrected chi connectivity index (χ3v) is 3.42. The Bertz CT molecular complexity index is 232. The largest absolute Gasteiger partial charge is 0.352 e. The molecule has 4 nitrogen and oxygen atoms in total. The van der Waals surface area contributed by atoms with Crippen molar-refractivity contribution >= 4 is 5.91 Å². The van der Waals surface area contributed by atoms with Gasteiger partial charge in [-0.25, -0.2) is 0 Å². The number of likely N-dealkylation sites (tertiary alicyclic amines) is 1. The Morgan fingerprint density at radius 1 is 1.56 bits per heavy atom. The lowest BCUT2D eigenvalue weighted by Crippen LogP contribution is -2.53. The van der Waals surface area contributed by atoms with Crippen molar-refractivity contribution in [1.29, 1.82) is 0 Å². The summed E-state index contributed by atoms with van der Waals surface area (Å²) in [6, 6.07) is 0.432. The van der Waals surface area contributed by atoms with Crippen molar-refractivity contribution in [2.24, 2.45) is 5.73 Å². The standard InChI is InChI=1S/C12H25N3O/c1-4-9(2)14-12(16)10(3)15-7-5-6-11(13)8-15/h9-11H,4-8,13H2,1-3H3,(H,14,16). The molecule has 0 aromatic heterocycles. The number of piperidine rings is 1. The fourth-order valence-electron chi connectivity index (χ4n) is 2.02. The third kappa shape index (κ3) is 3.76. The van der Waals surface area contributed by atoms with E-state index in [0.717, 1.165) is 32.4 Å². The monoisotopic (exact) mass is 227 g/mol. The van der Waals surface area contributed by atoms with Crippen molar-refractivity contribution in [2.45, 2.75) is 58.2 Å². The molecule has 0 aliphatic carbocycles. The molecule has 0 aromatic rings. The van der Waals surface area contributed by atoms with Crippen molar-refractivity contribution < 1.29 is 4.79 Å². The molecule has 16 heavy (non-hydrogen) atoms. The maximum atomic E-state index is 11.9. The van der Waals surface area contributed by atoms with E-state index in [4.69, 9.17) is 5.73 Å². The molecule has 1 fully saturated rings. The van der Waals surface area contributed by atoms with Crippen LogP contribution in [0.1, 0.15) is 40.0 Å². The van der Waals surface area contributed by atoms with E-state index in [2.05, 4.69) is 17.1 Å². The zero-order valence-corrected chi connectivity index (χ0v) is 10.7. The number of hydrogen-bond donors (Lipinski definition) is 2. The minimum atomic E-state index is -0.0552. The molecule has 1 saturated heterocycles. The van der Waals surface area contributed by atoms with Crippen LogP contribution < -0.4 is 11.1 Å². The van der Waals surface area contributed by atoms with Gasteiger partial charge in [0, 0.05) is 18.6 Å². The molecule has 0 bridgehead atoms. The molecule has 1 heterocycles. The zero-order valence-electron chi connectivity index (χ0n) is 10.7. The Morgan fingerprint density at radius 3 is 2.81 bits per heavy atom. The van der Waals surface area contributed by atoms with Gasteiger partial charge in [-0.05, 0) is 39.7 Å². The second kappa shape index (κ2) is 6.21. The van der Waals surface area contributed by atoms with Crippen molar-refractivity contribution in [3.05, 3.63) is 0 Å². The highest BCUT2D eigenvalue weighted by Crippen LogP contribution is 2.11. The normalized spacial score (nSPS) is 26.1. The van der Waals surface area contributed by atoms with E-state index in [1.807, 2.05) is 13.8 Å². The van der Waals surface area contributed by atoms with Gasteiger partial charge in [0.15, 0.2) is 0 Å². The highest BCUT2D eigenvalue weighted by Gasteiger charge is 2.26. The fraction of sp³-hybridized carbons (Fsp3) is 0.917. The van der Waals surface area contributed by atoms with Gasteiger partial charge >= 0.3 is 0 Å². The van der Waals surface area contributed by atoms with E-state index >= 15 is 0 Å². The van der Waals surface area contributed by atoms with E-state index in [9.17, 15) is 4.79 Å². The van der Waals surface area contributed by atoms with Gasteiger partial charge in [0.2, 0.25) is 5.91 Å². The first-order valence-corrected chi connectivity index (χ1v) is 6.34. The fourth-order valence-corrected chi connectivity index (χ4v) is 2.02. The van der Waals surface area contributed by atoms with Gasteiger partial charge < -0.3 is 11.1 Å². The molecule has 0 saturated carbocycles. The van der Waals surface area contributed by atoms with Crippen LogP contribution in [0, 0.1) is 0 Å². The third-order valence-electron chi connectivity index (χ3n) is 3.42. The van der Waals surface area contributed by atoms with Gasteiger partial charge in [-0.2, -0.15) is 0 Å². The van der Waals surface area contributed by atoms with Crippen molar-refractivity contribution in [1.82, 2.24) is 10.2 Å². The molecular formula is C12H25N3O. The van der Waals surface area contributed by atoms with E-state index in [0.29, 0.717) is 0 Å².